The number of fused-ring (bicyclic) bond motifs is 1. The third-order valence-corrected chi connectivity index (χ3v) is 4.57. The average Bonchev–Trinajstić information content (AvgIpc) is 2.84. The van der Waals surface area contributed by atoms with Crippen molar-refractivity contribution in [1.82, 2.24) is 10.2 Å². The molecule has 1 fully saturated rings. The van der Waals surface area contributed by atoms with Crippen LogP contribution in [-0.4, -0.2) is 38.2 Å². The molecule has 0 radical (unpaired) electrons. The molecule has 0 saturated carbocycles. The van der Waals surface area contributed by atoms with Crippen molar-refractivity contribution in [2.45, 2.75) is 26.3 Å². The second-order valence-electron chi connectivity index (χ2n) is 6.33. The molecule has 1 atom stereocenters. The first-order valence-electron chi connectivity index (χ1n) is 7.27. The molecular weight excluding hydrogens is 272 g/mol. The van der Waals surface area contributed by atoms with E-state index in [0.29, 0.717) is 5.41 Å². The van der Waals surface area contributed by atoms with Crippen LogP contribution >= 0.6 is 12.4 Å². The fourth-order valence-electron chi connectivity index (χ4n) is 3.40. The Balaban J connectivity index is 0.00000147. The van der Waals surface area contributed by atoms with Crippen LogP contribution in [0.3, 0.4) is 0 Å². The van der Waals surface area contributed by atoms with Crippen LogP contribution in [0.25, 0.3) is 0 Å². The van der Waals surface area contributed by atoms with Crippen LogP contribution in [-0.2, 0) is 13.0 Å². The van der Waals surface area contributed by atoms with Gasteiger partial charge in [-0.2, -0.15) is 0 Å². The maximum absolute atomic E-state index is 5.34. The molecule has 0 aromatic heterocycles. The summed E-state index contributed by atoms with van der Waals surface area (Å²) < 4.78 is 5.34. The minimum atomic E-state index is 0. The summed E-state index contributed by atoms with van der Waals surface area (Å²) >= 11 is 0. The molecule has 1 saturated heterocycles. The van der Waals surface area contributed by atoms with Crippen molar-refractivity contribution >= 4 is 12.4 Å². The second-order valence-corrected chi connectivity index (χ2v) is 6.33. The molecule has 1 N–H and O–H groups in total. The van der Waals surface area contributed by atoms with Crippen LogP contribution < -0.4 is 10.1 Å². The van der Waals surface area contributed by atoms with Crippen molar-refractivity contribution in [1.29, 1.82) is 0 Å². The summed E-state index contributed by atoms with van der Waals surface area (Å²) in [6.45, 7) is 8.21. The van der Waals surface area contributed by atoms with Gasteiger partial charge in [0.2, 0.25) is 0 Å². The van der Waals surface area contributed by atoms with E-state index in [1.165, 1.54) is 43.6 Å². The second kappa shape index (κ2) is 6.33. The standard InChI is InChI=1S/C16H24N2O.ClH/c1-16(6-7-17-11-16)12-18-8-5-13-3-4-15(19-2)9-14(13)10-18;/h3-4,9,17H,5-8,10-12H2,1-2H3;1H. The number of benzene rings is 1. The molecule has 2 heterocycles. The van der Waals surface area contributed by atoms with E-state index in [1.807, 2.05) is 0 Å². The molecule has 3 rings (SSSR count). The summed E-state index contributed by atoms with van der Waals surface area (Å²) in [4.78, 5) is 2.61. The van der Waals surface area contributed by atoms with E-state index >= 15 is 0 Å². The molecule has 4 heteroatoms. The minimum absolute atomic E-state index is 0. The summed E-state index contributed by atoms with van der Waals surface area (Å²) in [7, 11) is 1.74. The zero-order valence-corrected chi connectivity index (χ0v) is 13.3. The maximum atomic E-state index is 5.34. The molecule has 0 amide bonds. The molecule has 1 unspecified atom stereocenters. The topological polar surface area (TPSA) is 24.5 Å². The van der Waals surface area contributed by atoms with E-state index in [1.54, 1.807) is 7.11 Å². The molecule has 0 bridgehead atoms. The predicted molar refractivity (Wildman–Crippen MR) is 84.8 cm³/mol. The molecule has 20 heavy (non-hydrogen) atoms. The number of hydrogen-bond acceptors (Lipinski definition) is 3. The highest BCUT2D eigenvalue weighted by Gasteiger charge is 2.31. The van der Waals surface area contributed by atoms with E-state index in [-0.39, 0.29) is 12.4 Å². The first-order valence-corrected chi connectivity index (χ1v) is 7.27. The van der Waals surface area contributed by atoms with Gasteiger partial charge in [-0.3, -0.25) is 4.90 Å². The van der Waals surface area contributed by atoms with Crippen molar-refractivity contribution in [3.63, 3.8) is 0 Å². The molecule has 1 aromatic rings. The predicted octanol–water partition coefficient (Wildman–Crippen LogP) is 2.47. The van der Waals surface area contributed by atoms with E-state index in [9.17, 15) is 0 Å². The molecule has 2 aliphatic rings. The van der Waals surface area contributed by atoms with Gasteiger partial charge >= 0.3 is 0 Å². The zero-order chi connectivity index (χ0) is 13.3. The normalized spacial score (nSPS) is 25.9. The lowest BCUT2D eigenvalue weighted by Gasteiger charge is -2.35. The average molecular weight is 297 g/mol. The lowest BCUT2D eigenvalue weighted by molar-refractivity contribution is 0.164. The van der Waals surface area contributed by atoms with E-state index < -0.39 is 0 Å². The molecule has 2 aliphatic heterocycles. The first-order chi connectivity index (χ1) is 9.18. The Morgan fingerprint density at radius 1 is 1.35 bits per heavy atom. The highest BCUT2D eigenvalue weighted by molar-refractivity contribution is 5.85. The largest absolute Gasteiger partial charge is 0.497 e. The third-order valence-electron chi connectivity index (χ3n) is 4.57. The van der Waals surface area contributed by atoms with Gasteiger partial charge in [0.25, 0.3) is 0 Å². The van der Waals surface area contributed by atoms with Crippen LogP contribution in [0.2, 0.25) is 0 Å². The van der Waals surface area contributed by atoms with E-state index in [2.05, 4.69) is 35.3 Å². The fraction of sp³-hybridized carbons (Fsp3) is 0.625. The van der Waals surface area contributed by atoms with Crippen LogP contribution in [0.1, 0.15) is 24.5 Å². The number of hydrogen-bond donors (Lipinski definition) is 1. The molecular formula is C16H25ClN2O. The lowest BCUT2D eigenvalue weighted by Crippen LogP contribution is -2.40. The third kappa shape index (κ3) is 3.27. The van der Waals surface area contributed by atoms with Gasteiger partial charge in [0, 0.05) is 26.2 Å². The molecule has 1 aromatic carbocycles. The van der Waals surface area contributed by atoms with E-state index in [0.717, 1.165) is 18.8 Å². The van der Waals surface area contributed by atoms with Crippen molar-refractivity contribution in [3.05, 3.63) is 29.3 Å². The molecule has 3 nitrogen and oxygen atoms in total. The lowest BCUT2D eigenvalue weighted by atomic mass is 9.88. The highest BCUT2D eigenvalue weighted by Crippen LogP contribution is 2.29. The van der Waals surface area contributed by atoms with Crippen molar-refractivity contribution < 1.29 is 4.74 Å². The molecule has 0 aliphatic carbocycles. The SMILES string of the molecule is COc1ccc2c(c1)CN(CC1(C)CCNC1)CC2.Cl. The highest BCUT2D eigenvalue weighted by atomic mass is 35.5. The van der Waals surface area contributed by atoms with Gasteiger partial charge in [-0.25, -0.2) is 0 Å². The number of halogens is 1. The Morgan fingerprint density at radius 2 is 2.20 bits per heavy atom. The Labute approximate surface area is 128 Å². The van der Waals surface area contributed by atoms with Gasteiger partial charge in [-0.1, -0.05) is 13.0 Å². The number of nitrogens with one attached hydrogen (secondary N) is 1. The summed E-state index contributed by atoms with van der Waals surface area (Å²) in [5, 5.41) is 3.49. The van der Waals surface area contributed by atoms with Crippen LogP contribution in [0.15, 0.2) is 18.2 Å². The fourth-order valence-corrected chi connectivity index (χ4v) is 3.40. The Hall–Kier alpha value is -0.770. The summed E-state index contributed by atoms with van der Waals surface area (Å²) in [5.74, 6) is 0.981. The maximum Gasteiger partial charge on any atom is 0.119 e. The Kier molecular flexibility index (Phi) is 4.95. The smallest absolute Gasteiger partial charge is 0.119 e. The van der Waals surface area contributed by atoms with Gasteiger partial charge in [0.05, 0.1) is 7.11 Å². The van der Waals surface area contributed by atoms with Gasteiger partial charge in [0.1, 0.15) is 5.75 Å². The van der Waals surface area contributed by atoms with Gasteiger partial charge in [-0.05, 0) is 48.1 Å². The van der Waals surface area contributed by atoms with Crippen LogP contribution in [0.4, 0.5) is 0 Å². The Morgan fingerprint density at radius 3 is 2.90 bits per heavy atom. The van der Waals surface area contributed by atoms with Crippen molar-refractivity contribution in [2.75, 3.05) is 33.3 Å². The Bertz CT molecular complexity index is 458. The van der Waals surface area contributed by atoms with Crippen molar-refractivity contribution in [3.8, 4) is 5.75 Å². The number of methoxy groups -OCH3 is 1. The zero-order valence-electron chi connectivity index (χ0n) is 12.4. The summed E-state index contributed by atoms with van der Waals surface area (Å²) in [6.07, 6.45) is 2.47. The van der Waals surface area contributed by atoms with Crippen molar-refractivity contribution in [2.24, 2.45) is 5.41 Å². The number of ether oxygens (including phenoxy) is 1. The van der Waals surface area contributed by atoms with Gasteiger partial charge in [0.15, 0.2) is 0 Å². The number of nitrogens with zero attached hydrogens (tertiary/aromatic N) is 1. The summed E-state index contributed by atoms with van der Waals surface area (Å²) in [6, 6.07) is 6.51. The first kappa shape index (κ1) is 15.6. The minimum Gasteiger partial charge on any atom is -0.497 e. The number of rotatable bonds is 3. The quantitative estimate of drug-likeness (QED) is 0.927. The molecule has 0 spiro atoms. The van der Waals surface area contributed by atoms with Gasteiger partial charge < -0.3 is 10.1 Å². The monoisotopic (exact) mass is 296 g/mol. The molecule has 112 valence electrons. The van der Waals surface area contributed by atoms with Gasteiger partial charge in [-0.15, -0.1) is 12.4 Å². The van der Waals surface area contributed by atoms with Crippen LogP contribution in [0.5, 0.6) is 5.75 Å². The summed E-state index contributed by atoms with van der Waals surface area (Å²) in [5.41, 5.74) is 3.39. The van der Waals surface area contributed by atoms with Crippen LogP contribution in [0, 0.1) is 5.41 Å². The van der Waals surface area contributed by atoms with E-state index in [4.69, 9.17) is 4.74 Å².